The number of hydrogen-bond donors (Lipinski definition) is 2. The Kier molecular flexibility index (Phi) is 10.1. The molecule has 3 rings (SSSR count). The summed E-state index contributed by atoms with van der Waals surface area (Å²) >= 11 is 0. The highest BCUT2D eigenvalue weighted by atomic mass is 127. The van der Waals surface area contributed by atoms with Crippen LogP contribution in [0.2, 0.25) is 0 Å². The van der Waals surface area contributed by atoms with E-state index in [4.69, 9.17) is 14.2 Å². The van der Waals surface area contributed by atoms with Crippen molar-refractivity contribution < 1.29 is 14.2 Å². The zero-order valence-electron chi connectivity index (χ0n) is 17.0. The zero-order valence-corrected chi connectivity index (χ0v) is 19.3. The van der Waals surface area contributed by atoms with Gasteiger partial charge in [-0.2, -0.15) is 0 Å². The molecule has 0 saturated heterocycles. The predicted octanol–water partition coefficient (Wildman–Crippen LogP) is 3.39. The number of hydrogen-bond acceptors (Lipinski definition) is 4. The Hall–Kier alpha value is -2.00. The van der Waals surface area contributed by atoms with Gasteiger partial charge >= 0.3 is 0 Å². The highest BCUT2D eigenvalue weighted by Gasteiger charge is 2.22. The van der Waals surface area contributed by atoms with Crippen LogP contribution in [0.1, 0.15) is 18.1 Å². The van der Waals surface area contributed by atoms with Gasteiger partial charge in [0, 0.05) is 20.1 Å². The summed E-state index contributed by atoms with van der Waals surface area (Å²) < 4.78 is 16.7. The van der Waals surface area contributed by atoms with Gasteiger partial charge in [-0.3, -0.25) is 0 Å². The van der Waals surface area contributed by atoms with Crippen LogP contribution in [0.4, 0.5) is 0 Å². The summed E-state index contributed by atoms with van der Waals surface area (Å²) in [5.74, 6) is 2.61. The molecule has 0 aliphatic carbocycles. The van der Waals surface area contributed by atoms with Crippen molar-refractivity contribution in [1.29, 1.82) is 0 Å². The van der Waals surface area contributed by atoms with Gasteiger partial charge in [0.05, 0.1) is 19.7 Å². The summed E-state index contributed by atoms with van der Waals surface area (Å²) in [4.78, 5) is 4.69. The van der Waals surface area contributed by atoms with Gasteiger partial charge in [0.2, 0.25) is 0 Å². The minimum absolute atomic E-state index is 0. The van der Waals surface area contributed by atoms with Crippen LogP contribution in [0.25, 0.3) is 0 Å². The van der Waals surface area contributed by atoms with E-state index in [0.717, 1.165) is 36.0 Å². The number of ether oxygens (including phenoxy) is 3. The van der Waals surface area contributed by atoms with Gasteiger partial charge < -0.3 is 24.8 Å². The van der Waals surface area contributed by atoms with E-state index in [-0.39, 0.29) is 30.1 Å². The van der Waals surface area contributed by atoms with Crippen LogP contribution in [-0.4, -0.2) is 45.5 Å². The van der Waals surface area contributed by atoms with Crippen LogP contribution in [0.3, 0.4) is 0 Å². The first-order valence-corrected chi connectivity index (χ1v) is 9.76. The van der Waals surface area contributed by atoms with Gasteiger partial charge in [-0.15, -0.1) is 24.0 Å². The first-order chi connectivity index (χ1) is 13.8. The molecule has 1 aliphatic heterocycles. The predicted molar refractivity (Wildman–Crippen MR) is 127 cm³/mol. The molecule has 29 heavy (non-hydrogen) atoms. The summed E-state index contributed by atoms with van der Waals surface area (Å²) in [5.41, 5.74) is 2.36. The second-order valence-electron chi connectivity index (χ2n) is 6.62. The number of benzene rings is 2. The first-order valence-electron chi connectivity index (χ1n) is 9.76. The fourth-order valence-corrected chi connectivity index (χ4v) is 3.07. The molecular weight excluding hydrogens is 481 g/mol. The molecule has 2 N–H and O–H groups in total. The second-order valence-corrected chi connectivity index (χ2v) is 6.62. The first kappa shape index (κ1) is 23.3. The number of aliphatic imine (C=N–C) groups is 1. The maximum absolute atomic E-state index is 5.99. The molecule has 1 aliphatic rings. The van der Waals surface area contributed by atoms with E-state index in [1.807, 2.05) is 36.4 Å². The summed E-state index contributed by atoms with van der Waals surface area (Å²) in [6.07, 6.45) is 1.04. The van der Waals surface area contributed by atoms with Gasteiger partial charge in [-0.1, -0.05) is 30.3 Å². The van der Waals surface area contributed by atoms with Crippen molar-refractivity contribution in [2.75, 3.05) is 33.4 Å². The molecule has 0 spiro atoms. The van der Waals surface area contributed by atoms with Crippen LogP contribution in [0.15, 0.2) is 53.5 Å². The number of nitrogens with zero attached hydrogens (tertiary/aromatic N) is 1. The molecule has 158 valence electrons. The maximum Gasteiger partial charge on any atom is 0.191 e. The van der Waals surface area contributed by atoms with Crippen molar-refractivity contribution >= 4 is 29.9 Å². The number of para-hydroxylation sites is 1. The molecule has 0 saturated carbocycles. The van der Waals surface area contributed by atoms with Gasteiger partial charge in [0.1, 0.15) is 24.2 Å². The van der Waals surface area contributed by atoms with E-state index in [0.29, 0.717) is 26.3 Å². The summed E-state index contributed by atoms with van der Waals surface area (Å²) in [6, 6.07) is 16.2. The molecule has 0 fully saturated rings. The molecule has 0 aromatic heterocycles. The number of nitrogens with one attached hydrogen (secondary N) is 2. The van der Waals surface area contributed by atoms with E-state index in [2.05, 4.69) is 34.7 Å². The lowest BCUT2D eigenvalue weighted by molar-refractivity contribution is 0.146. The topological polar surface area (TPSA) is 64.1 Å². The van der Waals surface area contributed by atoms with E-state index in [1.54, 1.807) is 7.11 Å². The molecule has 1 atom stereocenters. The smallest absolute Gasteiger partial charge is 0.191 e. The Morgan fingerprint density at radius 3 is 2.79 bits per heavy atom. The lowest BCUT2D eigenvalue weighted by atomic mass is 10.1. The van der Waals surface area contributed by atoms with Crippen LogP contribution in [-0.2, 0) is 17.7 Å². The lowest BCUT2D eigenvalue weighted by Crippen LogP contribution is -2.42. The van der Waals surface area contributed by atoms with Crippen molar-refractivity contribution in [3.05, 3.63) is 59.7 Å². The molecule has 2 aromatic rings. The van der Waals surface area contributed by atoms with Gasteiger partial charge in [0.15, 0.2) is 5.96 Å². The number of guanidine groups is 1. The molecule has 0 amide bonds. The molecule has 1 heterocycles. The number of fused-ring (bicyclic) bond motifs is 1. The molecule has 6 nitrogen and oxygen atoms in total. The minimum Gasteiger partial charge on any atom is -0.491 e. The highest BCUT2D eigenvalue weighted by molar-refractivity contribution is 14.0. The van der Waals surface area contributed by atoms with Crippen molar-refractivity contribution in [2.24, 2.45) is 4.99 Å². The standard InChI is InChI=1S/C22H29N3O3.HI/c1-3-23-22(25-16-20-14-18-8-4-5-10-21(18)28-20)24-15-17-7-6-9-19(13-17)27-12-11-26-2;/h4-10,13,20H,3,11-12,14-16H2,1-2H3,(H2,23,24,25);1H. The fraction of sp³-hybridized carbons (Fsp3) is 0.409. The van der Waals surface area contributed by atoms with Crippen LogP contribution in [0, 0.1) is 0 Å². The Bertz CT molecular complexity index is 760. The van der Waals surface area contributed by atoms with Gasteiger partial charge in [0.25, 0.3) is 0 Å². The SMILES string of the molecule is CCNC(=NCc1cccc(OCCOC)c1)NCC1Cc2ccccc2O1.I. The fourth-order valence-electron chi connectivity index (χ4n) is 3.07. The normalized spacial score (nSPS) is 15.1. The van der Waals surface area contributed by atoms with E-state index in [1.165, 1.54) is 5.56 Å². The van der Waals surface area contributed by atoms with Gasteiger partial charge in [-0.25, -0.2) is 4.99 Å². The minimum atomic E-state index is 0. The second kappa shape index (κ2) is 12.5. The Morgan fingerprint density at radius 2 is 2.00 bits per heavy atom. The Morgan fingerprint density at radius 1 is 1.14 bits per heavy atom. The molecule has 2 aromatic carbocycles. The summed E-state index contributed by atoms with van der Waals surface area (Å²) in [7, 11) is 1.67. The van der Waals surface area contributed by atoms with E-state index in [9.17, 15) is 0 Å². The molecule has 7 heteroatoms. The average Bonchev–Trinajstić information content (AvgIpc) is 3.14. The van der Waals surface area contributed by atoms with Gasteiger partial charge in [-0.05, 0) is 36.2 Å². The monoisotopic (exact) mass is 511 g/mol. The summed E-state index contributed by atoms with van der Waals surface area (Å²) in [5, 5.41) is 6.68. The van der Waals surface area contributed by atoms with Crippen molar-refractivity contribution in [1.82, 2.24) is 10.6 Å². The zero-order chi connectivity index (χ0) is 19.6. The molecule has 0 bridgehead atoms. The highest BCUT2D eigenvalue weighted by Crippen LogP contribution is 2.27. The van der Waals surface area contributed by atoms with Crippen LogP contribution >= 0.6 is 24.0 Å². The third-order valence-corrected chi connectivity index (χ3v) is 4.43. The largest absolute Gasteiger partial charge is 0.491 e. The quantitative estimate of drug-likeness (QED) is 0.234. The third kappa shape index (κ3) is 7.40. The lowest BCUT2D eigenvalue weighted by Gasteiger charge is -2.15. The molecular formula is C22H30IN3O3. The van der Waals surface area contributed by atoms with Crippen LogP contribution < -0.4 is 20.1 Å². The van der Waals surface area contributed by atoms with E-state index < -0.39 is 0 Å². The van der Waals surface area contributed by atoms with Crippen molar-refractivity contribution in [3.63, 3.8) is 0 Å². The average molecular weight is 511 g/mol. The maximum atomic E-state index is 5.99. The molecule has 1 unspecified atom stereocenters. The number of halogens is 1. The third-order valence-electron chi connectivity index (χ3n) is 4.43. The van der Waals surface area contributed by atoms with Crippen molar-refractivity contribution in [2.45, 2.75) is 26.0 Å². The summed E-state index contributed by atoms with van der Waals surface area (Å²) in [6.45, 7) is 5.26. The Labute approximate surface area is 190 Å². The Balaban J connectivity index is 0.00000300. The number of rotatable bonds is 9. The molecule has 0 radical (unpaired) electrons. The number of methoxy groups -OCH3 is 1. The van der Waals surface area contributed by atoms with Crippen LogP contribution in [0.5, 0.6) is 11.5 Å². The van der Waals surface area contributed by atoms with E-state index >= 15 is 0 Å². The van der Waals surface area contributed by atoms with Crippen molar-refractivity contribution in [3.8, 4) is 11.5 Å².